The molecule has 74 valence electrons. The van der Waals surface area contributed by atoms with Gasteiger partial charge in [0.05, 0.1) is 5.56 Å². The first-order chi connectivity index (χ1) is 6.56. The molecule has 0 saturated heterocycles. The highest BCUT2D eigenvalue weighted by molar-refractivity contribution is 5.90. The van der Waals surface area contributed by atoms with E-state index < -0.39 is 5.97 Å². The summed E-state index contributed by atoms with van der Waals surface area (Å²) < 4.78 is 0. The number of carboxylic acids is 1. The van der Waals surface area contributed by atoms with Crippen molar-refractivity contribution in [2.75, 3.05) is 0 Å². The molecule has 0 heterocycles. The van der Waals surface area contributed by atoms with Crippen molar-refractivity contribution in [3.05, 3.63) is 41.5 Å². The predicted octanol–water partition coefficient (Wildman–Crippen LogP) is 2.98. The third-order valence-electron chi connectivity index (χ3n) is 2.21. The molecule has 2 heteroatoms. The van der Waals surface area contributed by atoms with Crippen molar-refractivity contribution in [2.24, 2.45) is 0 Å². The second kappa shape index (κ2) is 4.09. The molecule has 2 nitrogen and oxygen atoms in total. The maximum Gasteiger partial charge on any atom is 0.335 e. The number of hydrogen-bond donors (Lipinski definition) is 1. The van der Waals surface area contributed by atoms with Crippen LogP contribution in [-0.4, -0.2) is 11.1 Å². The molecule has 0 aliphatic rings. The van der Waals surface area contributed by atoms with Gasteiger partial charge in [-0.05, 0) is 30.5 Å². The average molecular weight is 190 g/mol. The third-order valence-corrected chi connectivity index (χ3v) is 2.21. The van der Waals surface area contributed by atoms with Crippen LogP contribution in [0.4, 0.5) is 0 Å². The van der Waals surface area contributed by atoms with Crippen LogP contribution < -0.4 is 0 Å². The van der Waals surface area contributed by atoms with Crippen molar-refractivity contribution < 1.29 is 9.90 Å². The zero-order chi connectivity index (χ0) is 10.7. The van der Waals surface area contributed by atoms with Crippen molar-refractivity contribution in [3.8, 4) is 0 Å². The number of hydrogen-bond acceptors (Lipinski definition) is 1. The zero-order valence-corrected chi connectivity index (χ0v) is 8.50. The molecule has 0 bridgehead atoms. The summed E-state index contributed by atoms with van der Waals surface area (Å²) in [5.41, 5.74) is 3.21. The maximum atomic E-state index is 10.8. The van der Waals surface area contributed by atoms with Gasteiger partial charge >= 0.3 is 5.97 Å². The molecular weight excluding hydrogens is 176 g/mol. The van der Waals surface area contributed by atoms with Crippen LogP contribution in [0, 0.1) is 0 Å². The van der Waals surface area contributed by atoms with E-state index in [1.807, 2.05) is 19.9 Å². The summed E-state index contributed by atoms with van der Waals surface area (Å²) >= 11 is 0. The minimum absolute atomic E-state index is 0.387. The Balaban J connectivity index is 3.25. The fraction of sp³-hybridized carbons (Fsp3) is 0.250. The van der Waals surface area contributed by atoms with E-state index in [1.165, 1.54) is 0 Å². The predicted molar refractivity (Wildman–Crippen MR) is 57.5 cm³/mol. The molecular formula is C12H14O2. The summed E-state index contributed by atoms with van der Waals surface area (Å²) in [5.74, 6) is -0.866. The maximum absolute atomic E-state index is 10.8. The van der Waals surface area contributed by atoms with E-state index in [2.05, 4.69) is 6.58 Å². The van der Waals surface area contributed by atoms with Crippen LogP contribution in [0.15, 0.2) is 24.8 Å². The van der Waals surface area contributed by atoms with Crippen LogP contribution >= 0.6 is 0 Å². The van der Waals surface area contributed by atoms with E-state index >= 15 is 0 Å². The fourth-order valence-electron chi connectivity index (χ4n) is 1.36. The number of aryl methyl sites for hydroxylation is 1. The van der Waals surface area contributed by atoms with E-state index in [-0.39, 0.29) is 0 Å². The van der Waals surface area contributed by atoms with Gasteiger partial charge in [-0.25, -0.2) is 4.79 Å². The number of carbonyl (C=O) groups is 1. The largest absolute Gasteiger partial charge is 0.478 e. The van der Waals surface area contributed by atoms with Gasteiger partial charge in [0.25, 0.3) is 0 Å². The van der Waals surface area contributed by atoms with E-state index in [9.17, 15) is 4.79 Å². The highest BCUT2D eigenvalue weighted by Crippen LogP contribution is 2.17. The molecule has 0 saturated carbocycles. The summed E-state index contributed by atoms with van der Waals surface area (Å²) in [6.45, 7) is 7.69. The summed E-state index contributed by atoms with van der Waals surface area (Å²) in [6, 6.07) is 5.34. The minimum Gasteiger partial charge on any atom is -0.478 e. The standard InChI is InChI=1S/C12H14O2/c1-4-9-7-10(8(2)3)5-6-11(9)12(13)14/h5-7H,2,4H2,1,3H3,(H,13,14). The van der Waals surface area contributed by atoms with Crippen molar-refractivity contribution in [2.45, 2.75) is 20.3 Å². The van der Waals surface area contributed by atoms with Crippen molar-refractivity contribution >= 4 is 11.5 Å². The Kier molecular flexibility index (Phi) is 3.07. The average Bonchev–Trinajstić information content (AvgIpc) is 2.16. The molecule has 0 aromatic heterocycles. The van der Waals surface area contributed by atoms with E-state index in [0.717, 1.165) is 23.1 Å². The molecule has 1 aromatic rings. The first-order valence-corrected chi connectivity index (χ1v) is 4.58. The number of allylic oxidation sites excluding steroid dienone is 1. The Morgan fingerprint density at radius 1 is 1.50 bits per heavy atom. The molecule has 0 radical (unpaired) electrons. The van der Waals surface area contributed by atoms with E-state index in [1.54, 1.807) is 12.1 Å². The first kappa shape index (κ1) is 10.5. The van der Waals surface area contributed by atoms with Crippen LogP contribution in [-0.2, 0) is 6.42 Å². The van der Waals surface area contributed by atoms with Crippen LogP contribution in [0.1, 0.15) is 35.3 Å². The Morgan fingerprint density at radius 2 is 2.14 bits per heavy atom. The van der Waals surface area contributed by atoms with E-state index in [4.69, 9.17) is 5.11 Å². The number of benzene rings is 1. The van der Waals surface area contributed by atoms with Crippen molar-refractivity contribution in [3.63, 3.8) is 0 Å². The molecule has 0 aliphatic carbocycles. The molecule has 1 aromatic carbocycles. The molecule has 0 atom stereocenters. The fourth-order valence-corrected chi connectivity index (χ4v) is 1.36. The zero-order valence-electron chi connectivity index (χ0n) is 8.50. The topological polar surface area (TPSA) is 37.3 Å². The Hall–Kier alpha value is -1.57. The second-order valence-corrected chi connectivity index (χ2v) is 3.31. The van der Waals surface area contributed by atoms with Gasteiger partial charge in [-0.15, -0.1) is 0 Å². The molecule has 0 aliphatic heterocycles. The normalized spacial score (nSPS) is 9.86. The van der Waals surface area contributed by atoms with Crippen LogP contribution in [0.5, 0.6) is 0 Å². The molecule has 1 N–H and O–H groups in total. The number of aromatic carboxylic acids is 1. The van der Waals surface area contributed by atoms with Crippen molar-refractivity contribution in [1.29, 1.82) is 0 Å². The third kappa shape index (κ3) is 2.02. The van der Waals surface area contributed by atoms with Gasteiger partial charge in [0.2, 0.25) is 0 Å². The SMILES string of the molecule is C=C(C)c1ccc(C(=O)O)c(CC)c1. The Bertz CT molecular complexity index is 378. The highest BCUT2D eigenvalue weighted by Gasteiger charge is 2.08. The van der Waals surface area contributed by atoms with Gasteiger partial charge in [0.15, 0.2) is 0 Å². The van der Waals surface area contributed by atoms with Gasteiger partial charge < -0.3 is 5.11 Å². The summed E-state index contributed by atoms with van der Waals surface area (Å²) in [6.07, 6.45) is 0.725. The minimum atomic E-state index is -0.866. The molecule has 0 fully saturated rings. The lowest BCUT2D eigenvalue weighted by Gasteiger charge is -2.06. The first-order valence-electron chi connectivity index (χ1n) is 4.58. The lowest BCUT2D eigenvalue weighted by Crippen LogP contribution is -2.02. The summed E-state index contributed by atoms with van der Waals surface area (Å²) in [7, 11) is 0. The Morgan fingerprint density at radius 3 is 2.57 bits per heavy atom. The molecule has 1 rings (SSSR count). The van der Waals surface area contributed by atoms with Crippen LogP contribution in [0.3, 0.4) is 0 Å². The monoisotopic (exact) mass is 190 g/mol. The van der Waals surface area contributed by atoms with Gasteiger partial charge in [-0.1, -0.05) is 31.2 Å². The van der Waals surface area contributed by atoms with Gasteiger partial charge in [-0.3, -0.25) is 0 Å². The molecule has 14 heavy (non-hydrogen) atoms. The van der Waals surface area contributed by atoms with E-state index in [0.29, 0.717) is 5.56 Å². The quantitative estimate of drug-likeness (QED) is 0.795. The highest BCUT2D eigenvalue weighted by atomic mass is 16.4. The molecule has 0 spiro atoms. The Labute approximate surface area is 83.9 Å². The summed E-state index contributed by atoms with van der Waals surface area (Å²) in [5, 5.41) is 8.90. The second-order valence-electron chi connectivity index (χ2n) is 3.31. The van der Waals surface area contributed by atoms with Crippen LogP contribution in [0.25, 0.3) is 5.57 Å². The van der Waals surface area contributed by atoms with Gasteiger partial charge in [0, 0.05) is 0 Å². The summed E-state index contributed by atoms with van der Waals surface area (Å²) in [4.78, 5) is 10.8. The molecule has 0 amide bonds. The van der Waals surface area contributed by atoms with Crippen molar-refractivity contribution in [1.82, 2.24) is 0 Å². The number of carboxylic acid groups (broad SMARTS) is 1. The van der Waals surface area contributed by atoms with Gasteiger partial charge in [-0.2, -0.15) is 0 Å². The lowest BCUT2D eigenvalue weighted by molar-refractivity contribution is 0.0696. The number of rotatable bonds is 3. The van der Waals surface area contributed by atoms with Gasteiger partial charge in [0.1, 0.15) is 0 Å². The van der Waals surface area contributed by atoms with Crippen LogP contribution in [0.2, 0.25) is 0 Å². The molecule has 0 unspecified atom stereocenters. The lowest BCUT2D eigenvalue weighted by atomic mass is 9.99. The smallest absolute Gasteiger partial charge is 0.335 e.